The van der Waals surface area contributed by atoms with Crippen molar-refractivity contribution >= 4 is 28.2 Å². The minimum atomic E-state index is -0.482. The smallest absolute Gasteiger partial charge is 0.341 e. The molecule has 1 aromatic heterocycles. The van der Waals surface area contributed by atoms with Crippen LogP contribution in [0.25, 0.3) is 0 Å². The summed E-state index contributed by atoms with van der Waals surface area (Å²) in [6, 6.07) is 0. The fraction of sp³-hybridized carbons (Fsp3) is 0.538. The zero-order chi connectivity index (χ0) is 14.0. The molecule has 1 aromatic rings. The molecule has 0 saturated carbocycles. The number of likely N-dealkylation sites (tertiary alicyclic amines) is 1. The van der Waals surface area contributed by atoms with Gasteiger partial charge < -0.3 is 15.4 Å². The van der Waals surface area contributed by atoms with Crippen LogP contribution in [0.2, 0.25) is 0 Å². The summed E-state index contributed by atoms with van der Waals surface area (Å²) in [6.07, 6.45) is 3.24. The number of nitrogens with zero attached hydrogens (tertiary/aromatic N) is 1. The quantitative estimate of drug-likeness (QED) is 0.843. The van der Waals surface area contributed by atoms with E-state index in [-0.39, 0.29) is 5.91 Å². The first-order valence-corrected chi connectivity index (χ1v) is 7.14. The van der Waals surface area contributed by atoms with Crippen molar-refractivity contribution in [1.82, 2.24) is 4.90 Å². The molecular formula is C13H18N2O3S. The Labute approximate surface area is 116 Å². The van der Waals surface area contributed by atoms with E-state index in [1.165, 1.54) is 24.9 Å². The van der Waals surface area contributed by atoms with Gasteiger partial charge in [0, 0.05) is 13.1 Å². The Morgan fingerprint density at radius 1 is 1.26 bits per heavy atom. The SMILES string of the molecule is COC(=O)c1c(N)sc(C(=O)N2CCCCC2)c1C. The van der Waals surface area contributed by atoms with E-state index in [9.17, 15) is 9.59 Å². The number of nitrogens with two attached hydrogens (primary N) is 1. The maximum atomic E-state index is 12.4. The molecule has 0 atom stereocenters. The van der Waals surface area contributed by atoms with E-state index in [0.717, 1.165) is 25.9 Å². The van der Waals surface area contributed by atoms with Gasteiger partial charge in [-0.3, -0.25) is 4.79 Å². The van der Waals surface area contributed by atoms with Crippen LogP contribution in [0.4, 0.5) is 5.00 Å². The number of carbonyl (C=O) groups is 2. The van der Waals surface area contributed by atoms with Gasteiger partial charge in [0.05, 0.1) is 17.6 Å². The number of nitrogen functional groups attached to an aromatic ring is 1. The molecule has 104 valence electrons. The van der Waals surface area contributed by atoms with Gasteiger partial charge in [-0.1, -0.05) is 0 Å². The van der Waals surface area contributed by atoms with Crippen molar-refractivity contribution in [2.24, 2.45) is 0 Å². The number of hydrogen-bond donors (Lipinski definition) is 1. The van der Waals surface area contributed by atoms with Crippen LogP contribution in [0.1, 0.15) is 44.9 Å². The molecule has 1 aliphatic heterocycles. The van der Waals surface area contributed by atoms with E-state index in [1.807, 2.05) is 4.90 Å². The van der Waals surface area contributed by atoms with Crippen molar-refractivity contribution in [3.8, 4) is 0 Å². The van der Waals surface area contributed by atoms with E-state index in [4.69, 9.17) is 10.5 Å². The molecule has 0 radical (unpaired) electrons. The number of methoxy groups -OCH3 is 1. The van der Waals surface area contributed by atoms with Crippen LogP contribution in [0.15, 0.2) is 0 Å². The highest BCUT2D eigenvalue weighted by Crippen LogP contribution is 2.32. The van der Waals surface area contributed by atoms with Gasteiger partial charge in [0.2, 0.25) is 0 Å². The summed E-state index contributed by atoms with van der Waals surface area (Å²) in [5.74, 6) is -0.506. The number of esters is 1. The third-order valence-corrected chi connectivity index (χ3v) is 4.51. The topological polar surface area (TPSA) is 72.6 Å². The number of amides is 1. The van der Waals surface area contributed by atoms with E-state index in [2.05, 4.69) is 0 Å². The third kappa shape index (κ3) is 2.58. The van der Waals surface area contributed by atoms with Crippen molar-refractivity contribution in [3.63, 3.8) is 0 Å². The Bertz CT molecular complexity index is 504. The summed E-state index contributed by atoms with van der Waals surface area (Å²) >= 11 is 1.17. The van der Waals surface area contributed by atoms with Gasteiger partial charge in [-0.25, -0.2) is 4.79 Å². The maximum Gasteiger partial charge on any atom is 0.341 e. The number of ether oxygens (including phenoxy) is 1. The predicted octanol–water partition coefficient (Wildman–Crippen LogP) is 2.05. The molecule has 2 N–H and O–H groups in total. The standard InChI is InChI=1S/C13H18N2O3S/c1-8-9(13(17)18-2)11(14)19-10(8)12(16)15-6-4-3-5-7-15/h3-7,14H2,1-2H3. The first kappa shape index (κ1) is 13.9. The molecule has 5 nitrogen and oxygen atoms in total. The molecule has 1 aliphatic rings. The molecule has 1 amide bonds. The fourth-order valence-corrected chi connectivity index (χ4v) is 3.37. The minimum absolute atomic E-state index is 0.0240. The molecule has 0 unspecified atom stereocenters. The zero-order valence-electron chi connectivity index (χ0n) is 11.2. The molecule has 1 fully saturated rings. The van der Waals surface area contributed by atoms with Crippen molar-refractivity contribution in [2.45, 2.75) is 26.2 Å². The Morgan fingerprint density at radius 3 is 2.47 bits per heavy atom. The molecule has 2 heterocycles. The average Bonchev–Trinajstić information content (AvgIpc) is 2.73. The van der Waals surface area contributed by atoms with Gasteiger partial charge in [-0.05, 0) is 31.7 Å². The van der Waals surface area contributed by atoms with E-state index in [0.29, 0.717) is 21.0 Å². The van der Waals surface area contributed by atoms with Crippen LogP contribution < -0.4 is 5.73 Å². The van der Waals surface area contributed by atoms with Gasteiger partial charge in [-0.2, -0.15) is 0 Å². The van der Waals surface area contributed by atoms with Crippen molar-refractivity contribution in [3.05, 3.63) is 16.0 Å². The Hall–Kier alpha value is -1.56. The molecule has 6 heteroatoms. The van der Waals surface area contributed by atoms with Gasteiger partial charge in [0.15, 0.2) is 0 Å². The number of carbonyl (C=O) groups excluding carboxylic acids is 2. The second-order valence-electron chi connectivity index (χ2n) is 4.64. The van der Waals surface area contributed by atoms with Gasteiger partial charge in [0.1, 0.15) is 5.00 Å². The number of thiophene rings is 1. The lowest BCUT2D eigenvalue weighted by molar-refractivity contribution is 0.0601. The molecule has 2 rings (SSSR count). The molecular weight excluding hydrogens is 264 g/mol. The van der Waals surface area contributed by atoms with Crippen LogP contribution in [0, 0.1) is 6.92 Å². The van der Waals surface area contributed by atoms with E-state index < -0.39 is 5.97 Å². The molecule has 0 aromatic carbocycles. The minimum Gasteiger partial charge on any atom is -0.465 e. The second-order valence-corrected chi connectivity index (χ2v) is 5.69. The van der Waals surface area contributed by atoms with E-state index >= 15 is 0 Å². The van der Waals surface area contributed by atoms with Crippen LogP contribution in [0.3, 0.4) is 0 Å². The summed E-state index contributed by atoms with van der Waals surface area (Å²) in [5, 5.41) is 0.352. The van der Waals surface area contributed by atoms with Crippen LogP contribution in [-0.2, 0) is 4.74 Å². The highest BCUT2D eigenvalue weighted by molar-refractivity contribution is 7.18. The molecule has 1 saturated heterocycles. The highest BCUT2D eigenvalue weighted by Gasteiger charge is 2.27. The monoisotopic (exact) mass is 282 g/mol. The van der Waals surface area contributed by atoms with Gasteiger partial charge >= 0.3 is 5.97 Å². The van der Waals surface area contributed by atoms with Crippen molar-refractivity contribution < 1.29 is 14.3 Å². The van der Waals surface area contributed by atoms with Crippen molar-refractivity contribution in [2.75, 3.05) is 25.9 Å². The first-order valence-electron chi connectivity index (χ1n) is 6.32. The van der Waals surface area contributed by atoms with Crippen molar-refractivity contribution in [1.29, 1.82) is 0 Å². The Balaban J connectivity index is 2.30. The van der Waals surface area contributed by atoms with E-state index in [1.54, 1.807) is 6.92 Å². The fourth-order valence-electron chi connectivity index (χ4n) is 2.34. The Kier molecular flexibility index (Phi) is 4.09. The van der Waals surface area contributed by atoms with Gasteiger partial charge in [0.25, 0.3) is 5.91 Å². The van der Waals surface area contributed by atoms with Crippen LogP contribution in [-0.4, -0.2) is 37.0 Å². The molecule has 19 heavy (non-hydrogen) atoms. The third-order valence-electron chi connectivity index (χ3n) is 3.40. The maximum absolute atomic E-state index is 12.4. The first-order chi connectivity index (χ1) is 9.06. The second kappa shape index (κ2) is 5.61. The molecule has 0 aliphatic carbocycles. The molecule has 0 spiro atoms. The van der Waals surface area contributed by atoms with Crippen LogP contribution in [0.5, 0.6) is 0 Å². The van der Waals surface area contributed by atoms with Gasteiger partial charge in [-0.15, -0.1) is 11.3 Å². The molecule has 0 bridgehead atoms. The Morgan fingerprint density at radius 2 is 1.89 bits per heavy atom. The lowest BCUT2D eigenvalue weighted by Crippen LogP contribution is -2.35. The number of piperidine rings is 1. The summed E-state index contributed by atoms with van der Waals surface area (Å²) in [7, 11) is 1.31. The lowest BCUT2D eigenvalue weighted by Gasteiger charge is -2.26. The normalized spacial score (nSPS) is 15.4. The zero-order valence-corrected chi connectivity index (χ0v) is 12.0. The number of hydrogen-bond acceptors (Lipinski definition) is 5. The largest absolute Gasteiger partial charge is 0.465 e. The summed E-state index contributed by atoms with van der Waals surface area (Å²) in [5.41, 5.74) is 6.79. The summed E-state index contributed by atoms with van der Waals surface area (Å²) < 4.78 is 4.70. The highest BCUT2D eigenvalue weighted by atomic mass is 32.1. The lowest BCUT2D eigenvalue weighted by atomic mass is 10.1. The summed E-state index contributed by atoms with van der Waals surface area (Å²) in [4.78, 5) is 26.5. The van der Waals surface area contributed by atoms with Crippen LogP contribution >= 0.6 is 11.3 Å². The number of rotatable bonds is 2. The average molecular weight is 282 g/mol. The number of anilines is 1. The summed E-state index contributed by atoms with van der Waals surface area (Å²) in [6.45, 7) is 3.31. The predicted molar refractivity (Wildman–Crippen MR) is 74.6 cm³/mol.